The number of amides is 1. The Hall–Kier alpha value is -2.24. The van der Waals surface area contributed by atoms with Crippen molar-refractivity contribution in [2.45, 2.75) is 109 Å². The van der Waals surface area contributed by atoms with Gasteiger partial charge in [-0.15, -0.1) is 0 Å². The molecule has 1 unspecified atom stereocenters. The Morgan fingerprint density at radius 2 is 1.50 bits per heavy atom. The van der Waals surface area contributed by atoms with Crippen LogP contribution in [0.5, 0.6) is 11.5 Å². The van der Waals surface area contributed by atoms with Crippen LogP contribution in [0.25, 0.3) is 0 Å². The van der Waals surface area contributed by atoms with Crippen molar-refractivity contribution in [1.82, 2.24) is 5.32 Å². The fourth-order valence-electron chi connectivity index (χ4n) is 6.14. The largest absolute Gasteiger partial charge is 0.497 e. The van der Waals surface area contributed by atoms with Crippen LogP contribution in [0.1, 0.15) is 97.0 Å². The third-order valence-corrected chi connectivity index (χ3v) is 7.87. The number of hydrogen-bond acceptors (Lipinski definition) is 5. The van der Waals surface area contributed by atoms with Crippen LogP contribution in [0.4, 0.5) is 0 Å². The zero-order valence-corrected chi connectivity index (χ0v) is 23.1. The Balaban J connectivity index is 1.78. The van der Waals surface area contributed by atoms with Crippen molar-refractivity contribution in [3.63, 3.8) is 0 Å². The lowest BCUT2D eigenvalue weighted by Gasteiger charge is -2.38. The second-order valence-electron chi connectivity index (χ2n) is 11.7. The van der Waals surface area contributed by atoms with E-state index in [1.807, 2.05) is 39.0 Å². The average Bonchev–Trinajstić information content (AvgIpc) is 2.86. The number of benzene rings is 1. The van der Waals surface area contributed by atoms with Crippen molar-refractivity contribution in [1.29, 1.82) is 0 Å². The fraction of sp³-hybridized carbons (Fsp3) is 0.733. The zero-order valence-electron chi connectivity index (χ0n) is 23.1. The number of esters is 1. The van der Waals surface area contributed by atoms with E-state index in [0.717, 1.165) is 5.56 Å². The van der Waals surface area contributed by atoms with E-state index in [0.29, 0.717) is 35.7 Å². The Kier molecular flexibility index (Phi) is 10.5. The maximum Gasteiger partial charge on any atom is 0.329 e. The third-order valence-electron chi connectivity index (χ3n) is 7.87. The topological polar surface area (TPSA) is 73.9 Å². The summed E-state index contributed by atoms with van der Waals surface area (Å²) in [6.45, 7) is 5.54. The fourth-order valence-corrected chi connectivity index (χ4v) is 6.14. The number of nitrogens with one attached hydrogen (secondary N) is 1. The lowest BCUT2D eigenvalue weighted by Crippen LogP contribution is -2.46. The highest BCUT2D eigenvalue weighted by atomic mass is 16.6. The lowest BCUT2D eigenvalue weighted by atomic mass is 9.68. The summed E-state index contributed by atoms with van der Waals surface area (Å²) in [5.74, 6) is 2.49. The minimum absolute atomic E-state index is 0.0473. The molecule has 2 aliphatic rings. The maximum atomic E-state index is 13.5. The summed E-state index contributed by atoms with van der Waals surface area (Å²) in [6, 6.07) is 4.71. The molecule has 0 radical (unpaired) electrons. The Bertz CT molecular complexity index is 831. The summed E-state index contributed by atoms with van der Waals surface area (Å²) in [5, 5.41) is 3.08. The van der Waals surface area contributed by atoms with E-state index in [1.54, 1.807) is 14.2 Å². The van der Waals surface area contributed by atoms with Crippen LogP contribution in [-0.4, -0.2) is 37.7 Å². The zero-order chi connectivity index (χ0) is 26.1. The first kappa shape index (κ1) is 28.3. The first-order valence-electron chi connectivity index (χ1n) is 13.9. The molecule has 2 fully saturated rings. The molecule has 6 heteroatoms. The van der Waals surface area contributed by atoms with Crippen molar-refractivity contribution in [3.8, 4) is 11.5 Å². The standard InChI is InChI=1S/C30H47NO5/c1-30(2,3)36-29(33)26(19-23-18-24(34-4)16-17-27(23)35-5)31-28(32)20-25(21-12-8-6-9-13-21)22-14-10-7-11-15-22/h16-18,21-22,25-26H,6-15,19-20H2,1-5H3,(H,31,32). The molecule has 0 heterocycles. The molecular weight excluding hydrogens is 454 g/mol. The van der Waals surface area contributed by atoms with Gasteiger partial charge in [0.25, 0.3) is 0 Å². The molecule has 0 aromatic heterocycles. The Labute approximate surface area is 217 Å². The van der Waals surface area contributed by atoms with Crippen LogP contribution < -0.4 is 14.8 Å². The van der Waals surface area contributed by atoms with E-state index in [2.05, 4.69) is 5.32 Å². The first-order chi connectivity index (χ1) is 17.2. The highest BCUT2D eigenvalue weighted by Gasteiger charge is 2.35. The van der Waals surface area contributed by atoms with Crippen LogP contribution in [-0.2, 0) is 20.7 Å². The van der Waals surface area contributed by atoms with Crippen LogP contribution in [0.2, 0.25) is 0 Å². The van der Waals surface area contributed by atoms with Gasteiger partial charge < -0.3 is 19.5 Å². The van der Waals surface area contributed by atoms with Crippen molar-refractivity contribution < 1.29 is 23.8 Å². The van der Waals surface area contributed by atoms with Gasteiger partial charge in [-0.1, -0.05) is 64.2 Å². The van der Waals surface area contributed by atoms with Crippen molar-refractivity contribution in [2.75, 3.05) is 14.2 Å². The number of carbonyl (C=O) groups is 2. The molecule has 0 aliphatic heterocycles. The van der Waals surface area contributed by atoms with Gasteiger partial charge in [0, 0.05) is 18.4 Å². The second kappa shape index (κ2) is 13.3. The molecule has 1 N–H and O–H groups in total. The van der Waals surface area contributed by atoms with Gasteiger partial charge in [0.1, 0.15) is 23.1 Å². The number of hydrogen-bond donors (Lipinski definition) is 1. The summed E-state index contributed by atoms with van der Waals surface area (Å²) in [5.41, 5.74) is 0.148. The normalized spacial score (nSPS) is 18.5. The molecule has 0 bridgehead atoms. The highest BCUT2D eigenvalue weighted by Crippen LogP contribution is 2.41. The van der Waals surface area contributed by atoms with Gasteiger partial charge >= 0.3 is 5.97 Å². The van der Waals surface area contributed by atoms with E-state index < -0.39 is 17.6 Å². The number of rotatable bonds is 10. The maximum absolute atomic E-state index is 13.5. The Morgan fingerprint density at radius 3 is 2.00 bits per heavy atom. The van der Waals surface area contributed by atoms with Gasteiger partial charge in [0.15, 0.2) is 0 Å². The molecule has 2 aliphatic carbocycles. The molecule has 1 atom stereocenters. The third kappa shape index (κ3) is 8.41. The molecule has 36 heavy (non-hydrogen) atoms. The lowest BCUT2D eigenvalue weighted by molar-refractivity contribution is -0.158. The SMILES string of the molecule is COc1ccc(OC)c(CC(NC(=O)CC(C2CCCCC2)C2CCCCC2)C(=O)OC(C)(C)C)c1. The predicted molar refractivity (Wildman–Crippen MR) is 142 cm³/mol. The molecule has 202 valence electrons. The van der Waals surface area contributed by atoms with Gasteiger partial charge in [-0.25, -0.2) is 4.79 Å². The van der Waals surface area contributed by atoms with Crippen LogP contribution >= 0.6 is 0 Å². The Morgan fingerprint density at radius 1 is 0.917 bits per heavy atom. The smallest absolute Gasteiger partial charge is 0.329 e. The monoisotopic (exact) mass is 501 g/mol. The van der Waals surface area contributed by atoms with Crippen molar-refractivity contribution in [3.05, 3.63) is 23.8 Å². The minimum atomic E-state index is -0.795. The number of ether oxygens (including phenoxy) is 3. The average molecular weight is 502 g/mol. The molecular formula is C30H47NO5. The van der Waals surface area contributed by atoms with Crippen molar-refractivity contribution >= 4 is 11.9 Å². The van der Waals surface area contributed by atoms with Gasteiger partial charge in [0.05, 0.1) is 14.2 Å². The second-order valence-corrected chi connectivity index (χ2v) is 11.7. The van der Waals surface area contributed by atoms with Gasteiger partial charge in [-0.3, -0.25) is 4.79 Å². The molecule has 0 saturated heterocycles. The summed E-state index contributed by atoms with van der Waals surface area (Å²) in [4.78, 5) is 26.7. The minimum Gasteiger partial charge on any atom is -0.497 e. The van der Waals surface area contributed by atoms with Gasteiger partial charge in [-0.2, -0.15) is 0 Å². The first-order valence-corrected chi connectivity index (χ1v) is 13.9. The van der Waals surface area contributed by atoms with E-state index in [1.165, 1.54) is 64.2 Å². The molecule has 3 rings (SSSR count). The molecule has 1 aromatic carbocycles. The molecule has 0 spiro atoms. The highest BCUT2D eigenvalue weighted by molar-refractivity contribution is 5.85. The predicted octanol–water partition coefficient (Wildman–Crippen LogP) is 6.24. The molecule has 6 nitrogen and oxygen atoms in total. The number of methoxy groups -OCH3 is 2. The molecule has 2 saturated carbocycles. The van der Waals surface area contributed by atoms with Crippen LogP contribution in [0.15, 0.2) is 18.2 Å². The molecule has 1 amide bonds. The van der Waals surface area contributed by atoms with Crippen LogP contribution in [0.3, 0.4) is 0 Å². The van der Waals surface area contributed by atoms with E-state index >= 15 is 0 Å². The van der Waals surface area contributed by atoms with E-state index in [9.17, 15) is 9.59 Å². The summed E-state index contributed by atoms with van der Waals surface area (Å²) >= 11 is 0. The van der Waals surface area contributed by atoms with Crippen LogP contribution in [0, 0.1) is 17.8 Å². The summed E-state index contributed by atoms with van der Waals surface area (Å²) in [7, 11) is 3.21. The molecule has 1 aromatic rings. The van der Waals surface area contributed by atoms with Gasteiger partial charge in [0.2, 0.25) is 5.91 Å². The van der Waals surface area contributed by atoms with E-state index in [4.69, 9.17) is 14.2 Å². The summed E-state index contributed by atoms with van der Waals surface area (Å²) in [6.07, 6.45) is 13.4. The van der Waals surface area contributed by atoms with Gasteiger partial charge in [-0.05, 0) is 56.7 Å². The number of carbonyl (C=O) groups excluding carboxylic acids is 2. The quantitative estimate of drug-likeness (QED) is 0.384. The van der Waals surface area contributed by atoms with Crippen molar-refractivity contribution in [2.24, 2.45) is 17.8 Å². The van der Waals surface area contributed by atoms with E-state index in [-0.39, 0.29) is 12.3 Å². The summed E-state index contributed by atoms with van der Waals surface area (Å²) < 4.78 is 16.6.